The monoisotopic (exact) mass is 274 g/mol. The van der Waals surface area contributed by atoms with Crippen molar-refractivity contribution in [2.45, 2.75) is 18.9 Å². The lowest BCUT2D eigenvalue weighted by molar-refractivity contribution is -0.504. The summed E-state index contributed by atoms with van der Waals surface area (Å²) in [5.41, 5.74) is 1.38. The lowest BCUT2D eigenvalue weighted by Crippen LogP contribution is -2.35. The molecule has 1 aliphatic heterocycles. The zero-order valence-electron chi connectivity index (χ0n) is 11.1. The van der Waals surface area contributed by atoms with Gasteiger partial charge < -0.3 is 4.74 Å². The fourth-order valence-corrected chi connectivity index (χ4v) is 2.32. The number of carbonyl (C=O) groups excluding carboxylic acids is 1. The van der Waals surface area contributed by atoms with Gasteiger partial charge in [0, 0.05) is 10.6 Å². The molecule has 0 fully saturated rings. The maximum Gasteiger partial charge on any atom is 0.336 e. The van der Waals surface area contributed by atoms with Crippen LogP contribution in [0, 0.1) is 10.1 Å². The fourth-order valence-electron chi connectivity index (χ4n) is 2.32. The Kier molecular flexibility index (Phi) is 3.93. The number of hydrogen-bond donors (Lipinski definition) is 0. The average molecular weight is 274 g/mol. The standard InChI is InChI=1S/C14H14N2O4/c1-9-12(14(17)20-2)13(10-6-4-3-5-7-10)11(8-15-9)16(18)19/h3-8,11,13H,1-2H3/t11?,13-/m0/s1. The molecular weight excluding hydrogens is 260 g/mol. The Morgan fingerprint density at radius 2 is 2.00 bits per heavy atom. The van der Waals surface area contributed by atoms with Gasteiger partial charge in [-0.25, -0.2) is 4.79 Å². The maximum atomic E-state index is 12.0. The molecule has 1 aromatic carbocycles. The van der Waals surface area contributed by atoms with Gasteiger partial charge in [0.25, 0.3) is 6.04 Å². The minimum Gasteiger partial charge on any atom is -0.466 e. The molecule has 0 saturated carbocycles. The summed E-state index contributed by atoms with van der Waals surface area (Å²) in [6.45, 7) is 1.65. The smallest absolute Gasteiger partial charge is 0.336 e. The molecule has 1 heterocycles. The number of allylic oxidation sites excluding steroid dienone is 1. The predicted octanol–water partition coefficient (Wildman–Crippen LogP) is 1.95. The summed E-state index contributed by atoms with van der Waals surface area (Å²) in [6, 6.07) is 7.82. The van der Waals surface area contributed by atoms with E-state index in [4.69, 9.17) is 4.74 Å². The second-order valence-electron chi connectivity index (χ2n) is 4.43. The van der Waals surface area contributed by atoms with Crippen LogP contribution in [-0.2, 0) is 9.53 Å². The van der Waals surface area contributed by atoms with Gasteiger partial charge in [0.15, 0.2) is 0 Å². The van der Waals surface area contributed by atoms with E-state index in [9.17, 15) is 14.9 Å². The number of esters is 1. The highest BCUT2D eigenvalue weighted by Crippen LogP contribution is 2.34. The summed E-state index contributed by atoms with van der Waals surface area (Å²) in [6.07, 6.45) is 1.28. The van der Waals surface area contributed by atoms with Gasteiger partial charge in [-0.15, -0.1) is 0 Å². The molecule has 0 aliphatic carbocycles. The van der Waals surface area contributed by atoms with E-state index in [1.807, 2.05) is 6.07 Å². The third kappa shape index (κ3) is 2.45. The first-order chi connectivity index (χ1) is 9.56. The molecule has 6 nitrogen and oxygen atoms in total. The number of nitro groups is 1. The molecule has 0 N–H and O–H groups in total. The van der Waals surface area contributed by atoms with Crippen molar-refractivity contribution in [1.29, 1.82) is 0 Å². The number of hydrogen-bond acceptors (Lipinski definition) is 5. The summed E-state index contributed by atoms with van der Waals surface area (Å²) in [5, 5.41) is 11.2. The maximum absolute atomic E-state index is 12.0. The lowest BCUT2D eigenvalue weighted by atomic mass is 9.83. The quantitative estimate of drug-likeness (QED) is 0.479. The zero-order valence-corrected chi connectivity index (χ0v) is 11.1. The molecule has 0 amide bonds. The molecule has 0 radical (unpaired) electrons. The first-order valence-electron chi connectivity index (χ1n) is 6.08. The van der Waals surface area contributed by atoms with Gasteiger partial charge in [0.1, 0.15) is 0 Å². The molecule has 1 aromatic rings. The van der Waals surface area contributed by atoms with Crippen molar-refractivity contribution in [2.24, 2.45) is 4.99 Å². The summed E-state index contributed by atoms with van der Waals surface area (Å²) in [5.74, 6) is -1.27. The van der Waals surface area contributed by atoms with Crippen molar-refractivity contribution < 1.29 is 14.5 Å². The number of carbonyl (C=O) groups is 1. The van der Waals surface area contributed by atoms with Crippen LogP contribution in [-0.4, -0.2) is 30.3 Å². The number of benzene rings is 1. The highest BCUT2D eigenvalue weighted by molar-refractivity contribution is 5.93. The third-order valence-corrected chi connectivity index (χ3v) is 3.27. The highest BCUT2D eigenvalue weighted by Gasteiger charge is 2.41. The molecule has 6 heteroatoms. The minimum atomic E-state index is -1.07. The van der Waals surface area contributed by atoms with E-state index >= 15 is 0 Å². The Morgan fingerprint density at radius 1 is 1.35 bits per heavy atom. The van der Waals surface area contributed by atoms with Crippen LogP contribution >= 0.6 is 0 Å². The average Bonchev–Trinajstić information content (AvgIpc) is 2.46. The summed E-state index contributed by atoms with van der Waals surface area (Å²) >= 11 is 0. The van der Waals surface area contributed by atoms with E-state index in [0.29, 0.717) is 11.3 Å². The van der Waals surface area contributed by atoms with Crippen molar-refractivity contribution in [3.63, 3.8) is 0 Å². The van der Waals surface area contributed by atoms with Crippen LogP contribution in [0.2, 0.25) is 0 Å². The first-order valence-corrected chi connectivity index (χ1v) is 6.08. The molecule has 104 valence electrons. The Labute approximate surface area is 115 Å². The highest BCUT2D eigenvalue weighted by atomic mass is 16.6. The molecule has 1 aliphatic rings. The largest absolute Gasteiger partial charge is 0.466 e. The van der Waals surface area contributed by atoms with Crippen LogP contribution < -0.4 is 0 Å². The van der Waals surface area contributed by atoms with Crippen LogP contribution in [0.5, 0.6) is 0 Å². The number of ether oxygens (including phenoxy) is 1. The van der Waals surface area contributed by atoms with Gasteiger partial charge in [-0.1, -0.05) is 30.3 Å². The zero-order chi connectivity index (χ0) is 14.7. The first kappa shape index (κ1) is 13.9. The normalized spacial score (nSPS) is 21.7. The molecule has 2 atom stereocenters. The topological polar surface area (TPSA) is 81.8 Å². The minimum absolute atomic E-state index is 0.239. The van der Waals surface area contributed by atoms with Crippen LogP contribution in [0.4, 0.5) is 0 Å². The Morgan fingerprint density at radius 3 is 2.55 bits per heavy atom. The lowest BCUT2D eigenvalue weighted by Gasteiger charge is -2.24. The number of aliphatic imine (C=N–C) groups is 1. The second-order valence-corrected chi connectivity index (χ2v) is 4.43. The fraction of sp³-hybridized carbons (Fsp3) is 0.286. The van der Waals surface area contributed by atoms with E-state index in [1.54, 1.807) is 31.2 Å². The Balaban J connectivity index is 2.57. The van der Waals surface area contributed by atoms with Gasteiger partial charge in [0.05, 0.1) is 24.8 Å². The Bertz CT molecular complexity index is 592. The van der Waals surface area contributed by atoms with E-state index in [2.05, 4.69) is 4.99 Å². The van der Waals surface area contributed by atoms with Gasteiger partial charge >= 0.3 is 5.97 Å². The molecule has 0 bridgehead atoms. The van der Waals surface area contributed by atoms with E-state index in [-0.39, 0.29) is 5.57 Å². The van der Waals surface area contributed by atoms with E-state index < -0.39 is 22.9 Å². The van der Waals surface area contributed by atoms with Crippen molar-refractivity contribution in [1.82, 2.24) is 0 Å². The van der Waals surface area contributed by atoms with Gasteiger partial charge in [-0.3, -0.25) is 15.1 Å². The summed E-state index contributed by atoms with van der Waals surface area (Å²) < 4.78 is 4.75. The molecule has 1 unspecified atom stereocenters. The van der Waals surface area contributed by atoms with Gasteiger partial charge in [-0.05, 0) is 12.5 Å². The van der Waals surface area contributed by atoms with Crippen molar-refractivity contribution in [3.8, 4) is 0 Å². The molecule has 20 heavy (non-hydrogen) atoms. The van der Waals surface area contributed by atoms with Crippen LogP contribution in [0.1, 0.15) is 18.4 Å². The van der Waals surface area contributed by atoms with Crippen LogP contribution in [0.25, 0.3) is 0 Å². The Hall–Kier alpha value is -2.50. The number of rotatable bonds is 3. The molecular formula is C14H14N2O4. The predicted molar refractivity (Wildman–Crippen MR) is 73.2 cm³/mol. The van der Waals surface area contributed by atoms with Crippen LogP contribution in [0.3, 0.4) is 0 Å². The second kappa shape index (κ2) is 5.64. The molecule has 0 saturated heterocycles. The van der Waals surface area contributed by atoms with E-state index in [0.717, 1.165) is 0 Å². The van der Waals surface area contributed by atoms with Crippen molar-refractivity contribution in [3.05, 3.63) is 57.3 Å². The van der Waals surface area contributed by atoms with Crippen molar-refractivity contribution in [2.75, 3.05) is 7.11 Å². The van der Waals surface area contributed by atoms with Crippen molar-refractivity contribution >= 4 is 12.2 Å². The van der Waals surface area contributed by atoms with Gasteiger partial charge in [-0.2, -0.15) is 0 Å². The van der Waals surface area contributed by atoms with Crippen LogP contribution in [0.15, 0.2) is 46.6 Å². The summed E-state index contributed by atoms with van der Waals surface area (Å²) in [4.78, 5) is 26.7. The molecule has 0 aromatic heterocycles. The van der Waals surface area contributed by atoms with Gasteiger partial charge in [0.2, 0.25) is 0 Å². The molecule has 0 spiro atoms. The summed E-state index contributed by atoms with van der Waals surface area (Å²) in [7, 11) is 1.25. The number of methoxy groups -OCH3 is 1. The number of nitrogens with zero attached hydrogens (tertiary/aromatic N) is 2. The SMILES string of the molecule is COC(=O)C1=C(C)N=CC([N+](=O)[O-])[C@@H]1c1ccccc1. The van der Waals surface area contributed by atoms with E-state index in [1.165, 1.54) is 13.3 Å². The third-order valence-electron chi connectivity index (χ3n) is 3.27. The molecule has 2 rings (SSSR count).